The lowest BCUT2D eigenvalue weighted by Crippen LogP contribution is -2.18. The molecule has 0 saturated carbocycles. The van der Waals surface area contributed by atoms with E-state index in [4.69, 9.17) is 0 Å². The van der Waals surface area contributed by atoms with E-state index in [1.165, 1.54) is 22.4 Å². The molecule has 0 radical (unpaired) electrons. The van der Waals surface area contributed by atoms with Crippen LogP contribution < -0.4 is 0 Å². The Bertz CT molecular complexity index is 388. The number of allylic oxidation sites excluding steroid dienone is 7. The summed E-state index contributed by atoms with van der Waals surface area (Å²) in [4.78, 5) is 2.26. The molecule has 0 aliphatic carbocycles. The smallest absolute Gasteiger partial charge is 0.0419 e. The summed E-state index contributed by atoms with van der Waals surface area (Å²) in [5.74, 6) is 0. The molecule has 0 aromatic carbocycles. The van der Waals surface area contributed by atoms with Crippen molar-refractivity contribution in [2.75, 3.05) is 13.6 Å². The van der Waals surface area contributed by atoms with E-state index in [2.05, 4.69) is 71.4 Å². The van der Waals surface area contributed by atoms with Crippen LogP contribution in [0.25, 0.3) is 0 Å². The van der Waals surface area contributed by atoms with E-state index in [0.717, 1.165) is 6.54 Å². The van der Waals surface area contributed by atoms with E-state index < -0.39 is 0 Å². The van der Waals surface area contributed by atoms with Crippen LogP contribution in [0.4, 0.5) is 0 Å². The summed E-state index contributed by atoms with van der Waals surface area (Å²) in [5.41, 5.74) is 5.15. The molecule has 0 bridgehead atoms. The number of likely N-dealkylation sites (N-methyl/N-ethyl adjacent to an activating group) is 1. The van der Waals surface area contributed by atoms with Gasteiger partial charge in [0, 0.05) is 19.3 Å². The van der Waals surface area contributed by atoms with E-state index in [1.807, 2.05) is 12.2 Å². The van der Waals surface area contributed by atoms with Crippen LogP contribution in [0.1, 0.15) is 34.6 Å². The monoisotopic (exact) mass is 245 g/mol. The van der Waals surface area contributed by atoms with E-state index in [9.17, 15) is 0 Å². The lowest BCUT2D eigenvalue weighted by atomic mass is 10.1. The first-order valence-electron chi connectivity index (χ1n) is 6.39. The molecule has 0 heterocycles. The number of rotatable bonds is 6. The lowest BCUT2D eigenvalue weighted by molar-refractivity contribution is 0.457. The molecular formula is C17H27N. The molecule has 0 amide bonds. The molecule has 0 aliphatic heterocycles. The molecule has 0 fully saturated rings. The zero-order chi connectivity index (χ0) is 14.1. The SMILES string of the molecule is C=C/C=C(C)\C=C(\C)N(C)C/C(C=C(C)C)=C\C. The number of hydrogen-bond acceptors (Lipinski definition) is 1. The van der Waals surface area contributed by atoms with E-state index in [-0.39, 0.29) is 0 Å². The maximum atomic E-state index is 3.71. The molecule has 1 nitrogen and oxygen atoms in total. The molecule has 0 aromatic rings. The summed E-state index contributed by atoms with van der Waals surface area (Å²) in [6.45, 7) is 15.2. The molecule has 0 spiro atoms. The maximum Gasteiger partial charge on any atom is 0.0419 e. The predicted molar refractivity (Wildman–Crippen MR) is 83.5 cm³/mol. The average molecular weight is 245 g/mol. The second-order valence-electron chi connectivity index (χ2n) is 4.87. The Hall–Kier alpha value is -1.50. The number of nitrogens with zero attached hydrogens (tertiary/aromatic N) is 1. The van der Waals surface area contributed by atoms with Gasteiger partial charge in [-0.25, -0.2) is 0 Å². The van der Waals surface area contributed by atoms with Crippen molar-refractivity contribution in [3.63, 3.8) is 0 Å². The van der Waals surface area contributed by atoms with Crippen molar-refractivity contribution < 1.29 is 0 Å². The van der Waals surface area contributed by atoms with Crippen molar-refractivity contribution in [3.8, 4) is 0 Å². The van der Waals surface area contributed by atoms with E-state index in [1.54, 1.807) is 0 Å². The second-order valence-corrected chi connectivity index (χ2v) is 4.87. The van der Waals surface area contributed by atoms with Crippen molar-refractivity contribution in [1.82, 2.24) is 4.90 Å². The van der Waals surface area contributed by atoms with Crippen molar-refractivity contribution >= 4 is 0 Å². The average Bonchev–Trinajstić information content (AvgIpc) is 2.27. The van der Waals surface area contributed by atoms with Gasteiger partial charge in [0.2, 0.25) is 0 Å². The van der Waals surface area contributed by atoms with Crippen LogP contribution in [0.15, 0.2) is 59.4 Å². The fourth-order valence-corrected chi connectivity index (χ4v) is 1.66. The quantitative estimate of drug-likeness (QED) is 0.604. The number of hydrogen-bond donors (Lipinski definition) is 0. The van der Waals surface area contributed by atoms with Gasteiger partial charge < -0.3 is 4.90 Å². The summed E-state index contributed by atoms with van der Waals surface area (Å²) in [6, 6.07) is 0. The Morgan fingerprint density at radius 2 is 1.72 bits per heavy atom. The van der Waals surface area contributed by atoms with Crippen LogP contribution in [0.2, 0.25) is 0 Å². The fraction of sp³-hybridized carbons (Fsp3) is 0.412. The van der Waals surface area contributed by atoms with Gasteiger partial charge in [-0.3, -0.25) is 0 Å². The topological polar surface area (TPSA) is 3.24 Å². The Balaban J connectivity index is 4.76. The molecule has 0 saturated heterocycles. The molecule has 100 valence electrons. The van der Waals surface area contributed by atoms with Gasteiger partial charge in [0.25, 0.3) is 0 Å². The van der Waals surface area contributed by atoms with Gasteiger partial charge in [-0.15, -0.1) is 0 Å². The molecule has 0 N–H and O–H groups in total. The van der Waals surface area contributed by atoms with Crippen LogP contribution in [0.5, 0.6) is 0 Å². The van der Waals surface area contributed by atoms with Crippen molar-refractivity contribution in [1.29, 1.82) is 0 Å². The zero-order valence-electron chi connectivity index (χ0n) is 12.7. The van der Waals surface area contributed by atoms with Crippen LogP contribution in [-0.2, 0) is 0 Å². The molecule has 0 aliphatic rings. The van der Waals surface area contributed by atoms with Gasteiger partial charge in [-0.1, -0.05) is 36.5 Å². The van der Waals surface area contributed by atoms with Gasteiger partial charge in [0.1, 0.15) is 0 Å². The molecule has 1 heteroatoms. The normalized spacial score (nSPS) is 13.3. The first-order valence-corrected chi connectivity index (χ1v) is 6.39. The minimum atomic E-state index is 0.936. The van der Waals surface area contributed by atoms with Crippen LogP contribution in [0.3, 0.4) is 0 Å². The molecule has 18 heavy (non-hydrogen) atoms. The first kappa shape index (κ1) is 16.5. The summed E-state index contributed by atoms with van der Waals surface area (Å²) < 4.78 is 0. The third-order valence-corrected chi connectivity index (χ3v) is 2.68. The predicted octanol–water partition coefficient (Wildman–Crippen LogP) is 4.87. The highest BCUT2D eigenvalue weighted by atomic mass is 15.1. The highest BCUT2D eigenvalue weighted by Crippen LogP contribution is 2.10. The van der Waals surface area contributed by atoms with Gasteiger partial charge in [-0.05, 0) is 51.8 Å². The van der Waals surface area contributed by atoms with E-state index in [0.29, 0.717) is 0 Å². The first-order chi connectivity index (χ1) is 8.40. The molecule has 0 rings (SSSR count). The Morgan fingerprint density at radius 3 is 2.17 bits per heavy atom. The standard InChI is InChI=1S/C17H27N/c1-8-10-15(5)12-16(6)18(7)13-17(9-2)11-14(3)4/h8-12H,1,13H2,2-7H3/b15-10-,16-12-,17-9-. The minimum Gasteiger partial charge on any atom is -0.374 e. The van der Waals surface area contributed by atoms with Crippen LogP contribution in [-0.4, -0.2) is 18.5 Å². The summed E-state index contributed by atoms with van der Waals surface area (Å²) >= 11 is 0. The van der Waals surface area contributed by atoms with Crippen molar-refractivity contribution in [2.45, 2.75) is 34.6 Å². The van der Waals surface area contributed by atoms with Gasteiger partial charge in [-0.2, -0.15) is 0 Å². The van der Waals surface area contributed by atoms with E-state index >= 15 is 0 Å². The molecule has 0 atom stereocenters. The third-order valence-electron chi connectivity index (χ3n) is 2.68. The summed E-state index contributed by atoms with van der Waals surface area (Å²) in [7, 11) is 2.12. The zero-order valence-corrected chi connectivity index (χ0v) is 12.7. The van der Waals surface area contributed by atoms with Gasteiger partial charge in [0.15, 0.2) is 0 Å². The highest BCUT2D eigenvalue weighted by molar-refractivity contribution is 5.26. The lowest BCUT2D eigenvalue weighted by Gasteiger charge is -2.21. The Labute approximate surface area is 113 Å². The highest BCUT2D eigenvalue weighted by Gasteiger charge is 2.01. The van der Waals surface area contributed by atoms with Crippen LogP contribution >= 0.6 is 0 Å². The largest absolute Gasteiger partial charge is 0.374 e. The minimum absolute atomic E-state index is 0.936. The fourth-order valence-electron chi connectivity index (χ4n) is 1.66. The molecule has 0 unspecified atom stereocenters. The van der Waals surface area contributed by atoms with Gasteiger partial charge in [0.05, 0.1) is 0 Å². The summed E-state index contributed by atoms with van der Waals surface area (Å²) in [5, 5.41) is 0. The molecular weight excluding hydrogens is 218 g/mol. The third kappa shape index (κ3) is 6.95. The Morgan fingerprint density at radius 1 is 1.11 bits per heavy atom. The Kier molecular flexibility index (Phi) is 7.86. The van der Waals surface area contributed by atoms with Crippen molar-refractivity contribution in [2.24, 2.45) is 0 Å². The molecule has 0 aromatic heterocycles. The van der Waals surface area contributed by atoms with Gasteiger partial charge >= 0.3 is 0 Å². The summed E-state index contributed by atoms with van der Waals surface area (Å²) in [6.07, 6.45) is 10.4. The van der Waals surface area contributed by atoms with Crippen molar-refractivity contribution in [3.05, 3.63) is 59.4 Å². The van der Waals surface area contributed by atoms with Crippen LogP contribution in [0, 0.1) is 0 Å². The second kappa shape index (κ2) is 8.57. The maximum absolute atomic E-state index is 3.71.